The maximum atomic E-state index is 11.5. The van der Waals surface area contributed by atoms with Crippen LogP contribution in [0.3, 0.4) is 0 Å². The summed E-state index contributed by atoms with van der Waals surface area (Å²) >= 11 is 0. The highest BCUT2D eigenvalue weighted by molar-refractivity contribution is 5.94. The summed E-state index contributed by atoms with van der Waals surface area (Å²) in [7, 11) is 2.13. The minimum Gasteiger partial charge on any atom is -0.489 e. The van der Waals surface area contributed by atoms with E-state index in [4.69, 9.17) is 4.74 Å². The van der Waals surface area contributed by atoms with E-state index in [2.05, 4.69) is 29.1 Å². The van der Waals surface area contributed by atoms with Gasteiger partial charge in [-0.05, 0) is 56.8 Å². The number of benzene rings is 2. The molecule has 1 aromatic heterocycles. The Morgan fingerprint density at radius 2 is 2.07 bits per heavy atom. The molecule has 27 heavy (non-hydrogen) atoms. The first-order valence-corrected chi connectivity index (χ1v) is 9.45. The predicted molar refractivity (Wildman–Crippen MR) is 108 cm³/mol. The zero-order chi connectivity index (χ0) is 19.2. The maximum Gasteiger partial charge on any atom is 0.159 e. The lowest BCUT2D eigenvalue weighted by Crippen LogP contribution is -2.19. The van der Waals surface area contributed by atoms with Crippen molar-refractivity contribution in [2.45, 2.75) is 39.8 Å². The van der Waals surface area contributed by atoms with E-state index in [0.717, 1.165) is 41.0 Å². The van der Waals surface area contributed by atoms with E-state index < -0.39 is 0 Å². The fraction of sp³-hybridized carbons (Fsp3) is 0.364. The van der Waals surface area contributed by atoms with Crippen molar-refractivity contribution >= 4 is 16.7 Å². The maximum absolute atomic E-state index is 11.5. The van der Waals surface area contributed by atoms with Crippen LogP contribution in [0.4, 0.5) is 0 Å². The summed E-state index contributed by atoms with van der Waals surface area (Å²) in [5, 5.41) is 8.65. The summed E-state index contributed by atoms with van der Waals surface area (Å²) in [4.78, 5) is 13.8. The average molecular weight is 365 g/mol. The third kappa shape index (κ3) is 4.95. The second-order valence-electron chi connectivity index (χ2n) is 7.02. The van der Waals surface area contributed by atoms with Gasteiger partial charge in [-0.25, -0.2) is 0 Å². The molecule has 5 heteroatoms. The van der Waals surface area contributed by atoms with E-state index in [9.17, 15) is 4.79 Å². The van der Waals surface area contributed by atoms with E-state index in [1.165, 1.54) is 12.8 Å². The number of unbranched alkanes of at least 4 members (excludes halogenated alkanes) is 1. The average Bonchev–Trinajstić information content (AvgIpc) is 3.07. The molecule has 1 N–H and O–H groups in total. The summed E-state index contributed by atoms with van der Waals surface area (Å²) in [6, 6.07) is 13.5. The first-order valence-electron chi connectivity index (χ1n) is 9.45. The molecule has 0 amide bonds. The minimum atomic E-state index is 0.0634. The van der Waals surface area contributed by atoms with Crippen LogP contribution in [0.1, 0.15) is 48.3 Å². The topological polar surface area (TPSA) is 58.2 Å². The zero-order valence-corrected chi connectivity index (χ0v) is 16.3. The lowest BCUT2D eigenvalue weighted by atomic mass is 10.1. The first-order chi connectivity index (χ1) is 13.1. The molecule has 0 fully saturated rings. The standard InChI is InChI=1S/C22H27N3O2/c1-4-5-11-25(3)14-22-20-13-19(9-10-21(20)23-24-22)27-15-17-7-6-8-18(12-17)16(2)26/h6-10,12-13H,4-5,11,14-15H2,1-3H3,(H,23,24). The number of ether oxygens (including phenoxy) is 1. The molecule has 0 aliphatic heterocycles. The molecule has 3 rings (SSSR count). The Balaban J connectivity index is 1.71. The van der Waals surface area contributed by atoms with Gasteiger partial charge in [0.15, 0.2) is 5.78 Å². The molecular weight excluding hydrogens is 338 g/mol. The van der Waals surface area contributed by atoms with Crippen molar-refractivity contribution in [1.29, 1.82) is 0 Å². The Morgan fingerprint density at radius 3 is 2.85 bits per heavy atom. The minimum absolute atomic E-state index is 0.0634. The fourth-order valence-corrected chi connectivity index (χ4v) is 3.08. The molecule has 0 radical (unpaired) electrons. The number of rotatable bonds is 9. The SMILES string of the molecule is CCCCN(C)Cc1[nH]nc2ccc(OCc3cccc(C(C)=O)c3)cc12. The van der Waals surface area contributed by atoms with Crippen LogP contribution < -0.4 is 4.74 Å². The molecular formula is C22H27N3O2. The zero-order valence-electron chi connectivity index (χ0n) is 16.3. The number of fused-ring (bicyclic) bond motifs is 1. The molecule has 0 atom stereocenters. The largest absolute Gasteiger partial charge is 0.489 e. The molecule has 0 saturated carbocycles. The van der Waals surface area contributed by atoms with Gasteiger partial charge in [0.05, 0.1) is 11.2 Å². The molecule has 0 spiro atoms. The Labute approximate surface area is 160 Å². The second-order valence-corrected chi connectivity index (χ2v) is 7.02. The molecule has 0 unspecified atom stereocenters. The smallest absolute Gasteiger partial charge is 0.159 e. The van der Waals surface area contributed by atoms with Crippen molar-refractivity contribution in [3.8, 4) is 5.75 Å². The molecule has 0 aliphatic rings. The van der Waals surface area contributed by atoms with Crippen LogP contribution in [0.25, 0.3) is 10.9 Å². The number of H-pyrrole nitrogens is 1. The Bertz CT molecular complexity index is 917. The van der Waals surface area contributed by atoms with Gasteiger partial charge >= 0.3 is 0 Å². The predicted octanol–water partition coefficient (Wildman–Crippen LogP) is 4.58. The van der Waals surface area contributed by atoms with Crippen LogP contribution in [-0.4, -0.2) is 34.5 Å². The van der Waals surface area contributed by atoms with Crippen molar-refractivity contribution in [3.63, 3.8) is 0 Å². The van der Waals surface area contributed by atoms with Gasteiger partial charge in [-0.3, -0.25) is 9.89 Å². The summed E-state index contributed by atoms with van der Waals surface area (Å²) < 4.78 is 5.96. The van der Waals surface area contributed by atoms with Gasteiger partial charge < -0.3 is 9.64 Å². The summed E-state index contributed by atoms with van der Waals surface area (Å²) in [5.41, 5.74) is 3.74. The van der Waals surface area contributed by atoms with Crippen molar-refractivity contribution in [1.82, 2.24) is 15.1 Å². The van der Waals surface area contributed by atoms with E-state index in [1.54, 1.807) is 6.92 Å². The highest BCUT2D eigenvalue weighted by Crippen LogP contribution is 2.24. The van der Waals surface area contributed by atoms with Crippen LogP contribution in [-0.2, 0) is 13.2 Å². The Hall–Kier alpha value is -2.66. The van der Waals surface area contributed by atoms with Crippen LogP contribution in [0.5, 0.6) is 5.75 Å². The monoisotopic (exact) mass is 365 g/mol. The van der Waals surface area contributed by atoms with Gasteiger partial charge in [0.2, 0.25) is 0 Å². The fourth-order valence-electron chi connectivity index (χ4n) is 3.08. The van der Waals surface area contributed by atoms with Crippen molar-refractivity contribution < 1.29 is 9.53 Å². The van der Waals surface area contributed by atoms with Crippen LogP contribution in [0.15, 0.2) is 42.5 Å². The number of nitrogens with zero attached hydrogens (tertiary/aromatic N) is 2. The van der Waals surface area contributed by atoms with Crippen LogP contribution in [0, 0.1) is 0 Å². The van der Waals surface area contributed by atoms with Gasteiger partial charge in [-0.1, -0.05) is 31.5 Å². The molecule has 142 valence electrons. The van der Waals surface area contributed by atoms with Crippen LogP contribution >= 0.6 is 0 Å². The van der Waals surface area contributed by atoms with Gasteiger partial charge in [0.25, 0.3) is 0 Å². The number of aromatic nitrogens is 2. The lowest BCUT2D eigenvalue weighted by molar-refractivity contribution is 0.101. The van der Waals surface area contributed by atoms with Gasteiger partial charge in [-0.15, -0.1) is 0 Å². The second kappa shape index (κ2) is 8.82. The van der Waals surface area contributed by atoms with Crippen LogP contribution in [0.2, 0.25) is 0 Å². The van der Waals surface area contributed by atoms with Crippen molar-refractivity contribution in [2.75, 3.05) is 13.6 Å². The molecule has 3 aromatic rings. The number of nitrogens with one attached hydrogen (secondary N) is 1. The summed E-state index contributed by atoms with van der Waals surface area (Å²) in [5.74, 6) is 0.864. The number of carbonyl (C=O) groups is 1. The summed E-state index contributed by atoms with van der Waals surface area (Å²) in [6.45, 7) is 6.11. The third-order valence-corrected chi connectivity index (χ3v) is 4.66. The molecule has 5 nitrogen and oxygen atoms in total. The lowest BCUT2D eigenvalue weighted by Gasteiger charge is -2.15. The Kier molecular flexibility index (Phi) is 6.24. The number of hydrogen-bond acceptors (Lipinski definition) is 4. The van der Waals surface area contributed by atoms with E-state index >= 15 is 0 Å². The van der Waals surface area contributed by atoms with Gasteiger partial charge in [-0.2, -0.15) is 5.10 Å². The quantitative estimate of drug-likeness (QED) is 0.564. The summed E-state index contributed by atoms with van der Waals surface area (Å²) in [6.07, 6.45) is 2.38. The number of hydrogen-bond donors (Lipinski definition) is 1. The third-order valence-electron chi connectivity index (χ3n) is 4.66. The van der Waals surface area contributed by atoms with Crippen molar-refractivity contribution in [2.24, 2.45) is 0 Å². The van der Waals surface area contributed by atoms with E-state index in [0.29, 0.717) is 12.2 Å². The Morgan fingerprint density at radius 1 is 1.22 bits per heavy atom. The van der Waals surface area contributed by atoms with E-state index in [-0.39, 0.29) is 5.78 Å². The van der Waals surface area contributed by atoms with Gasteiger partial charge in [0.1, 0.15) is 12.4 Å². The number of carbonyl (C=O) groups excluding carboxylic acids is 1. The van der Waals surface area contributed by atoms with Gasteiger partial charge in [0, 0.05) is 17.5 Å². The highest BCUT2D eigenvalue weighted by atomic mass is 16.5. The number of ketones is 1. The molecule has 0 aliphatic carbocycles. The normalized spacial score (nSPS) is 11.3. The molecule has 0 saturated heterocycles. The first kappa shape index (κ1) is 19.1. The highest BCUT2D eigenvalue weighted by Gasteiger charge is 2.10. The number of Topliss-reactive ketones (excluding diaryl/α,β-unsaturated/α-hetero) is 1. The van der Waals surface area contributed by atoms with E-state index in [1.807, 2.05) is 42.5 Å². The van der Waals surface area contributed by atoms with Crippen molar-refractivity contribution in [3.05, 3.63) is 59.3 Å². The molecule has 2 aromatic carbocycles. The molecule has 0 bridgehead atoms. The number of aromatic amines is 1. The molecule has 1 heterocycles.